The molecule has 0 aromatic heterocycles. The number of methoxy groups -OCH3 is 1. The summed E-state index contributed by atoms with van der Waals surface area (Å²) in [5.41, 5.74) is 6.98. The molecule has 74 valence electrons. The van der Waals surface area contributed by atoms with Crippen molar-refractivity contribution in [2.75, 3.05) is 7.11 Å². The van der Waals surface area contributed by atoms with E-state index in [2.05, 4.69) is 0 Å². The van der Waals surface area contributed by atoms with Gasteiger partial charge in [0.15, 0.2) is 5.78 Å². The molecule has 1 rings (SSSR count). The van der Waals surface area contributed by atoms with Crippen molar-refractivity contribution in [2.24, 2.45) is 5.73 Å². The minimum absolute atomic E-state index is 0.0571. The summed E-state index contributed by atoms with van der Waals surface area (Å²) in [7, 11) is 1.60. The highest BCUT2D eigenvalue weighted by Gasteiger charge is 1.98. The first-order chi connectivity index (χ1) is 6.63. The smallest absolute Gasteiger partial charge is 0.154 e. The van der Waals surface area contributed by atoms with Gasteiger partial charge in [0.05, 0.1) is 7.11 Å². The number of ether oxygens (including phenoxy) is 1. The number of nitrogens with two attached hydrogens (primary N) is 1. The molecule has 3 nitrogen and oxygen atoms in total. The molecule has 14 heavy (non-hydrogen) atoms. The first-order valence-electron chi connectivity index (χ1n) is 4.25. The second-order valence-corrected chi connectivity index (χ2v) is 2.94. The van der Waals surface area contributed by atoms with Crippen molar-refractivity contribution in [3.63, 3.8) is 0 Å². The number of ketones is 1. The third-order valence-electron chi connectivity index (χ3n) is 1.78. The van der Waals surface area contributed by atoms with Crippen molar-refractivity contribution in [2.45, 2.75) is 6.92 Å². The first kappa shape index (κ1) is 10.3. The molecule has 0 aliphatic rings. The fourth-order valence-corrected chi connectivity index (χ4v) is 1.09. The summed E-state index contributed by atoms with van der Waals surface area (Å²) < 4.78 is 5.00. The Balaban J connectivity index is 2.92. The average molecular weight is 191 g/mol. The lowest BCUT2D eigenvalue weighted by molar-refractivity contribution is -0.112. The Morgan fingerprint density at radius 1 is 1.36 bits per heavy atom. The van der Waals surface area contributed by atoms with Crippen LogP contribution in [0.25, 0.3) is 5.70 Å². The maximum absolute atomic E-state index is 10.8. The van der Waals surface area contributed by atoms with E-state index in [1.54, 1.807) is 19.2 Å². The monoisotopic (exact) mass is 191 g/mol. The van der Waals surface area contributed by atoms with Crippen LogP contribution in [-0.2, 0) is 4.79 Å². The van der Waals surface area contributed by atoms with Crippen LogP contribution in [0.1, 0.15) is 12.5 Å². The topological polar surface area (TPSA) is 52.3 Å². The molecule has 1 aromatic carbocycles. The van der Waals surface area contributed by atoms with E-state index in [1.807, 2.05) is 12.1 Å². The standard InChI is InChI=1S/C11H13NO2/c1-8(13)7-11(12)9-3-5-10(14-2)6-4-9/h3-7H,12H2,1-2H3/b11-7-. The highest BCUT2D eigenvalue weighted by Crippen LogP contribution is 2.15. The fraction of sp³-hybridized carbons (Fsp3) is 0.182. The second kappa shape index (κ2) is 4.46. The van der Waals surface area contributed by atoms with Crippen LogP contribution in [0.5, 0.6) is 5.75 Å². The quantitative estimate of drug-likeness (QED) is 0.738. The number of carbonyl (C=O) groups excluding carboxylic acids is 1. The van der Waals surface area contributed by atoms with E-state index >= 15 is 0 Å². The lowest BCUT2D eigenvalue weighted by Gasteiger charge is -2.02. The van der Waals surface area contributed by atoms with Gasteiger partial charge in [0.2, 0.25) is 0 Å². The Morgan fingerprint density at radius 3 is 2.36 bits per heavy atom. The molecule has 0 saturated carbocycles. The van der Waals surface area contributed by atoms with Crippen LogP contribution in [0, 0.1) is 0 Å². The molecule has 1 aromatic rings. The molecule has 3 heteroatoms. The lowest BCUT2D eigenvalue weighted by Crippen LogP contribution is -1.99. The molecular weight excluding hydrogens is 178 g/mol. The van der Waals surface area contributed by atoms with Gasteiger partial charge in [-0.05, 0) is 36.8 Å². The Hall–Kier alpha value is -1.77. The largest absolute Gasteiger partial charge is 0.497 e. The minimum atomic E-state index is -0.0571. The van der Waals surface area contributed by atoms with Gasteiger partial charge >= 0.3 is 0 Å². The summed E-state index contributed by atoms with van der Waals surface area (Å²) >= 11 is 0. The third kappa shape index (κ3) is 2.62. The molecule has 0 amide bonds. The molecule has 0 bridgehead atoms. The Morgan fingerprint density at radius 2 is 1.93 bits per heavy atom. The predicted molar refractivity (Wildman–Crippen MR) is 55.8 cm³/mol. The van der Waals surface area contributed by atoms with Gasteiger partial charge in [0, 0.05) is 11.8 Å². The van der Waals surface area contributed by atoms with Crippen molar-refractivity contribution >= 4 is 11.5 Å². The summed E-state index contributed by atoms with van der Waals surface area (Å²) in [6.07, 6.45) is 1.40. The summed E-state index contributed by atoms with van der Waals surface area (Å²) in [5.74, 6) is 0.711. The lowest BCUT2D eigenvalue weighted by atomic mass is 10.1. The number of benzene rings is 1. The first-order valence-corrected chi connectivity index (χ1v) is 4.25. The number of carbonyl (C=O) groups is 1. The molecule has 0 radical (unpaired) electrons. The van der Waals surface area contributed by atoms with E-state index < -0.39 is 0 Å². The zero-order valence-corrected chi connectivity index (χ0v) is 8.28. The van der Waals surface area contributed by atoms with Gasteiger partial charge in [-0.3, -0.25) is 4.79 Å². The number of allylic oxidation sites excluding steroid dienone is 1. The van der Waals surface area contributed by atoms with Crippen molar-refractivity contribution in [3.8, 4) is 5.75 Å². The normalized spacial score (nSPS) is 11.1. The predicted octanol–water partition coefficient (Wildman–Crippen LogP) is 1.58. The van der Waals surface area contributed by atoms with Crippen LogP contribution in [0.3, 0.4) is 0 Å². The highest BCUT2D eigenvalue weighted by atomic mass is 16.5. The highest BCUT2D eigenvalue weighted by molar-refractivity contribution is 5.94. The molecule has 0 atom stereocenters. The van der Waals surface area contributed by atoms with Crippen molar-refractivity contribution in [1.29, 1.82) is 0 Å². The summed E-state index contributed by atoms with van der Waals surface area (Å²) in [5, 5.41) is 0. The van der Waals surface area contributed by atoms with E-state index in [9.17, 15) is 4.79 Å². The van der Waals surface area contributed by atoms with E-state index in [4.69, 9.17) is 10.5 Å². The maximum Gasteiger partial charge on any atom is 0.154 e. The number of rotatable bonds is 3. The molecule has 0 saturated heterocycles. The molecule has 0 fully saturated rings. The van der Waals surface area contributed by atoms with E-state index in [0.717, 1.165) is 11.3 Å². The van der Waals surface area contributed by atoms with Gasteiger partial charge in [0.25, 0.3) is 0 Å². The molecule has 0 heterocycles. The van der Waals surface area contributed by atoms with Crippen LogP contribution in [0.2, 0.25) is 0 Å². The molecule has 0 unspecified atom stereocenters. The van der Waals surface area contributed by atoms with Gasteiger partial charge in [-0.1, -0.05) is 0 Å². The SMILES string of the molecule is COc1ccc(/C(N)=C/C(C)=O)cc1. The zero-order valence-electron chi connectivity index (χ0n) is 8.28. The fourth-order valence-electron chi connectivity index (χ4n) is 1.09. The van der Waals surface area contributed by atoms with Gasteiger partial charge in [-0.15, -0.1) is 0 Å². The van der Waals surface area contributed by atoms with Crippen LogP contribution in [-0.4, -0.2) is 12.9 Å². The molecule has 2 N–H and O–H groups in total. The van der Waals surface area contributed by atoms with Gasteiger partial charge in [-0.25, -0.2) is 0 Å². The Kier molecular flexibility index (Phi) is 3.29. The third-order valence-corrected chi connectivity index (χ3v) is 1.78. The number of hydrogen-bond donors (Lipinski definition) is 1. The van der Waals surface area contributed by atoms with Crippen LogP contribution < -0.4 is 10.5 Å². The van der Waals surface area contributed by atoms with E-state index in [-0.39, 0.29) is 5.78 Å². The molecular formula is C11H13NO2. The molecule has 0 aliphatic heterocycles. The minimum Gasteiger partial charge on any atom is -0.497 e. The van der Waals surface area contributed by atoms with Crippen LogP contribution >= 0.6 is 0 Å². The van der Waals surface area contributed by atoms with Crippen molar-refractivity contribution < 1.29 is 9.53 Å². The average Bonchev–Trinajstić information content (AvgIpc) is 2.17. The Bertz CT molecular complexity index is 352. The maximum atomic E-state index is 10.8. The molecule has 0 spiro atoms. The van der Waals surface area contributed by atoms with Crippen LogP contribution in [0.4, 0.5) is 0 Å². The zero-order chi connectivity index (χ0) is 10.6. The summed E-state index contributed by atoms with van der Waals surface area (Å²) in [4.78, 5) is 10.8. The van der Waals surface area contributed by atoms with Crippen molar-refractivity contribution in [3.05, 3.63) is 35.9 Å². The summed E-state index contributed by atoms with van der Waals surface area (Å²) in [6, 6.07) is 7.23. The van der Waals surface area contributed by atoms with Crippen LogP contribution in [0.15, 0.2) is 30.3 Å². The van der Waals surface area contributed by atoms with E-state index in [0.29, 0.717) is 5.70 Å². The second-order valence-electron chi connectivity index (χ2n) is 2.94. The van der Waals surface area contributed by atoms with Gasteiger partial charge < -0.3 is 10.5 Å². The van der Waals surface area contributed by atoms with Crippen molar-refractivity contribution in [1.82, 2.24) is 0 Å². The number of hydrogen-bond acceptors (Lipinski definition) is 3. The Labute approximate surface area is 83.2 Å². The summed E-state index contributed by atoms with van der Waals surface area (Å²) in [6.45, 7) is 1.47. The molecule has 0 aliphatic carbocycles. The van der Waals surface area contributed by atoms with Gasteiger partial charge in [-0.2, -0.15) is 0 Å². The van der Waals surface area contributed by atoms with E-state index in [1.165, 1.54) is 13.0 Å². The van der Waals surface area contributed by atoms with Gasteiger partial charge in [0.1, 0.15) is 5.75 Å².